The van der Waals surface area contributed by atoms with Crippen molar-refractivity contribution in [3.8, 4) is 22.6 Å². The largest absolute Gasteiger partial charge is 0.493 e. The normalized spacial score (nSPS) is 13.0. The molecule has 0 saturated carbocycles. The summed E-state index contributed by atoms with van der Waals surface area (Å²) >= 11 is 12.5. The summed E-state index contributed by atoms with van der Waals surface area (Å²) in [5.41, 5.74) is 2.92. The number of benzene rings is 3. The van der Waals surface area contributed by atoms with Gasteiger partial charge in [0, 0.05) is 63.6 Å². The second-order valence-corrected chi connectivity index (χ2v) is 13.2. The van der Waals surface area contributed by atoms with Gasteiger partial charge in [-0.1, -0.05) is 41.4 Å². The van der Waals surface area contributed by atoms with Gasteiger partial charge in [-0.05, 0) is 50.1 Å². The van der Waals surface area contributed by atoms with Crippen LogP contribution >= 0.6 is 31.0 Å². The molecule has 2 heterocycles. The number of para-hydroxylation sites is 1. The predicted octanol–water partition coefficient (Wildman–Crippen LogP) is 6.17. The number of hydrogen-bond acceptors (Lipinski definition) is 7. The molecule has 3 N–H and O–H groups in total. The van der Waals surface area contributed by atoms with E-state index < -0.39 is 26.2 Å². The highest BCUT2D eigenvalue weighted by molar-refractivity contribution is 7.46. The molecular weight excluding hydrogens is 701 g/mol. The van der Waals surface area contributed by atoms with Crippen LogP contribution in [0.3, 0.4) is 0 Å². The average Bonchev–Trinajstić information content (AvgIpc) is 3.41. The van der Waals surface area contributed by atoms with Gasteiger partial charge < -0.3 is 29.5 Å². The zero-order valence-electron chi connectivity index (χ0n) is 26.4. The Labute approximate surface area is 291 Å². The van der Waals surface area contributed by atoms with E-state index in [1.165, 1.54) is 10.7 Å². The predicted molar refractivity (Wildman–Crippen MR) is 182 cm³/mol. The summed E-state index contributed by atoms with van der Waals surface area (Å²) in [6, 6.07) is 13.3. The smallest absolute Gasteiger partial charge is 0.469 e. The van der Waals surface area contributed by atoms with E-state index in [0.29, 0.717) is 65.9 Å². The van der Waals surface area contributed by atoms with Crippen molar-refractivity contribution in [1.29, 1.82) is 0 Å². The Kier molecular flexibility index (Phi) is 12.0. The van der Waals surface area contributed by atoms with Gasteiger partial charge in [0.1, 0.15) is 11.6 Å². The molecular formula is C33H34Cl2FN4O8P. The Morgan fingerprint density at radius 3 is 2.69 bits per heavy atom. The van der Waals surface area contributed by atoms with Crippen molar-refractivity contribution < 1.29 is 42.3 Å². The molecule has 0 saturated heterocycles. The molecule has 0 aliphatic carbocycles. The van der Waals surface area contributed by atoms with Crippen LogP contribution in [0.1, 0.15) is 40.7 Å². The number of hydrogen-bond donors (Lipinski definition) is 3. The Hall–Kier alpha value is -3.97. The molecule has 0 unspecified atom stereocenters. The van der Waals surface area contributed by atoms with Crippen molar-refractivity contribution in [1.82, 2.24) is 15.1 Å². The second kappa shape index (κ2) is 16.2. The molecule has 3 aromatic carbocycles. The average molecular weight is 736 g/mol. The maximum Gasteiger partial charge on any atom is 0.469 e. The molecule has 12 nitrogen and oxygen atoms in total. The lowest BCUT2D eigenvalue weighted by molar-refractivity contribution is -0.118. The number of nitrogens with zero attached hydrogens (tertiary/aromatic N) is 3. The van der Waals surface area contributed by atoms with Gasteiger partial charge in [0.2, 0.25) is 5.91 Å². The van der Waals surface area contributed by atoms with Crippen molar-refractivity contribution in [3.05, 3.63) is 93.5 Å². The van der Waals surface area contributed by atoms with Crippen LogP contribution in [0.25, 0.3) is 11.1 Å². The maximum absolute atomic E-state index is 15.1. The van der Waals surface area contributed by atoms with E-state index in [9.17, 15) is 14.2 Å². The van der Waals surface area contributed by atoms with Gasteiger partial charge in [-0.2, -0.15) is 5.10 Å². The number of ether oxygens (including phenoxy) is 2. The number of phosphoric ester groups is 1. The molecule has 49 heavy (non-hydrogen) atoms. The van der Waals surface area contributed by atoms with E-state index in [4.69, 9.17) is 42.5 Å². The molecule has 0 spiro atoms. The summed E-state index contributed by atoms with van der Waals surface area (Å²) in [5, 5.41) is 7.38. The van der Waals surface area contributed by atoms with Crippen molar-refractivity contribution in [3.63, 3.8) is 0 Å². The standard InChI is InChI=1S/C33H34Cl2FN4O8P/c1-21-26(34)7-3-9-30(21)46-13-4-10-31(41)40-12-5-14-47-32-24(6-2-8-29(32)40)23-18-38-39(19-23)20-25-27(35)16-22(17-28(25)36)33(42)37-11-15-48-49(43,44)45/h2-3,6-9,16-19H,4-5,10-15,20H2,1H3,(H,37,42)(H2,43,44,45). The third kappa shape index (κ3) is 9.39. The molecule has 16 heteroatoms. The van der Waals surface area contributed by atoms with E-state index >= 15 is 4.39 Å². The monoisotopic (exact) mass is 734 g/mol. The SMILES string of the molecule is Cc1c(Cl)cccc1OCCCC(=O)N1CCCOc2c(-c3cnn(Cc4c(F)cc(C(=O)NCCOP(=O)(O)O)cc4Cl)c3)cccc21. The number of nitrogens with one attached hydrogen (secondary N) is 1. The number of carbonyl (C=O) groups is 2. The highest BCUT2D eigenvalue weighted by Gasteiger charge is 2.25. The van der Waals surface area contributed by atoms with Gasteiger partial charge in [-0.3, -0.25) is 18.8 Å². The summed E-state index contributed by atoms with van der Waals surface area (Å²) in [7, 11) is -4.67. The first kappa shape index (κ1) is 36.3. The van der Waals surface area contributed by atoms with Crippen molar-refractivity contribution >= 4 is 48.5 Å². The van der Waals surface area contributed by atoms with Crippen LogP contribution in [0.4, 0.5) is 10.1 Å². The molecule has 0 bridgehead atoms. The van der Waals surface area contributed by atoms with E-state index in [1.54, 1.807) is 23.4 Å². The van der Waals surface area contributed by atoms with Crippen molar-refractivity contribution in [2.24, 2.45) is 0 Å². The van der Waals surface area contributed by atoms with Gasteiger partial charge in [-0.15, -0.1) is 0 Å². The van der Waals surface area contributed by atoms with Crippen molar-refractivity contribution in [2.45, 2.75) is 32.7 Å². The van der Waals surface area contributed by atoms with Crippen LogP contribution in [0.5, 0.6) is 11.5 Å². The second-order valence-electron chi connectivity index (χ2n) is 11.1. The van der Waals surface area contributed by atoms with Gasteiger partial charge in [0.05, 0.1) is 38.2 Å². The van der Waals surface area contributed by atoms with Gasteiger partial charge >= 0.3 is 7.82 Å². The highest BCUT2D eigenvalue weighted by Crippen LogP contribution is 2.40. The van der Waals surface area contributed by atoms with Gasteiger partial charge in [-0.25, -0.2) is 8.96 Å². The summed E-state index contributed by atoms with van der Waals surface area (Å²) in [4.78, 5) is 45.0. The Morgan fingerprint density at radius 1 is 1.12 bits per heavy atom. The van der Waals surface area contributed by atoms with Crippen LogP contribution in [-0.4, -0.2) is 64.3 Å². The topological polar surface area (TPSA) is 152 Å². The van der Waals surface area contributed by atoms with Crippen molar-refractivity contribution in [2.75, 3.05) is 37.8 Å². The lowest BCUT2D eigenvalue weighted by Crippen LogP contribution is -2.31. The minimum atomic E-state index is -4.67. The molecule has 0 atom stereocenters. The molecule has 0 fully saturated rings. The molecule has 260 valence electrons. The summed E-state index contributed by atoms with van der Waals surface area (Å²) in [6.07, 6.45) is 4.76. The zero-order chi connectivity index (χ0) is 35.1. The van der Waals surface area contributed by atoms with Gasteiger partial charge in [0.15, 0.2) is 5.75 Å². The van der Waals surface area contributed by atoms with Crippen LogP contribution in [0.15, 0.2) is 60.9 Å². The van der Waals surface area contributed by atoms with Gasteiger partial charge in [0.25, 0.3) is 5.91 Å². The van der Waals surface area contributed by atoms with E-state index in [0.717, 1.165) is 11.6 Å². The first-order valence-electron chi connectivity index (χ1n) is 15.3. The van der Waals surface area contributed by atoms with E-state index in [2.05, 4.69) is 14.9 Å². The molecule has 4 aromatic rings. The van der Waals surface area contributed by atoms with Crippen LogP contribution < -0.4 is 19.7 Å². The molecule has 1 aromatic heterocycles. The fourth-order valence-corrected chi connectivity index (χ4v) is 6.01. The third-order valence-corrected chi connectivity index (χ3v) is 8.95. The molecule has 5 rings (SSSR count). The molecule has 1 aliphatic heterocycles. The molecule has 1 aliphatic rings. The number of fused-ring (bicyclic) bond motifs is 1. The Bertz CT molecular complexity index is 1860. The number of anilines is 1. The highest BCUT2D eigenvalue weighted by atomic mass is 35.5. The Balaban J connectivity index is 1.25. The Morgan fingerprint density at radius 2 is 1.92 bits per heavy atom. The van der Waals surface area contributed by atoms with E-state index in [1.807, 2.05) is 37.3 Å². The lowest BCUT2D eigenvalue weighted by atomic mass is 10.1. The lowest BCUT2D eigenvalue weighted by Gasteiger charge is -2.23. The maximum atomic E-state index is 15.1. The molecule has 0 radical (unpaired) electrons. The number of rotatable bonds is 13. The number of amides is 2. The quantitative estimate of drug-likeness (QED) is 0.108. The first-order valence-corrected chi connectivity index (χ1v) is 17.6. The molecule has 2 amide bonds. The number of carbonyl (C=O) groups excluding carboxylic acids is 2. The number of halogens is 3. The third-order valence-electron chi connectivity index (χ3n) is 7.68. The minimum Gasteiger partial charge on any atom is -0.493 e. The van der Waals surface area contributed by atoms with Crippen LogP contribution in [-0.2, 0) is 20.4 Å². The summed E-state index contributed by atoms with van der Waals surface area (Å²) < 4.78 is 43.7. The number of aromatic nitrogens is 2. The van der Waals surface area contributed by atoms with E-state index in [-0.39, 0.29) is 41.6 Å². The first-order chi connectivity index (χ1) is 23.4. The minimum absolute atomic E-state index is 0.00664. The fraction of sp³-hybridized carbons (Fsp3) is 0.303. The summed E-state index contributed by atoms with van der Waals surface area (Å²) in [5.74, 6) is -0.247. The number of phosphoric acid groups is 1. The zero-order valence-corrected chi connectivity index (χ0v) is 28.8. The summed E-state index contributed by atoms with van der Waals surface area (Å²) in [6.45, 7) is 2.47. The van der Waals surface area contributed by atoms with Crippen LogP contribution in [0.2, 0.25) is 10.0 Å². The van der Waals surface area contributed by atoms with Crippen LogP contribution in [0, 0.1) is 12.7 Å². The fourth-order valence-electron chi connectivity index (χ4n) is 5.24.